The van der Waals surface area contributed by atoms with Crippen molar-refractivity contribution in [2.24, 2.45) is 0 Å². The summed E-state index contributed by atoms with van der Waals surface area (Å²) < 4.78 is 5.29. The molecule has 0 bridgehead atoms. The van der Waals surface area contributed by atoms with Crippen molar-refractivity contribution in [3.05, 3.63) is 46.6 Å². The highest BCUT2D eigenvalue weighted by Gasteiger charge is 2.06. The molecule has 1 aromatic heterocycles. The van der Waals surface area contributed by atoms with Gasteiger partial charge in [0.05, 0.1) is 12.7 Å². The molecule has 0 aliphatic rings. The lowest BCUT2D eigenvalue weighted by atomic mass is 10.1. The van der Waals surface area contributed by atoms with Crippen LogP contribution in [0.25, 0.3) is 11.3 Å². The Kier molecular flexibility index (Phi) is 3.43. The molecule has 4 nitrogen and oxygen atoms in total. The van der Waals surface area contributed by atoms with Gasteiger partial charge in [-0.3, -0.25) is 0 Å². The summed E-state index contributed by atoms with van der Waals surface area (Å²) in [4.78, 5) is 13.8. The molecular formula is C13H11NO3S. The molecule has 0 saturated carbocycles. The molecule has 0 amide bonds. The van der Waals surface area contributed by atoms with E-state index in [9.17, 15) is 4.79 Å². The lowest BCUT2D eigenvalue weighted by Gasteiger charge is -2.05. The average Bonchev–Trinajstić information content (AvgIpc) is 2.38. The van der Waals surface area contributed by atoms with Crippen molar-refractivity contribution >= 4 is 18.2 Å². The van der Waals surface area contributed by atoms with Gasteiger partial charge < -0.3 is 14.8 Å². The second kappa shape index (κ2) is 5.01. The predicted molar refractivity (Wildman–Crippen MR) is 70.6 cm³/mol. The highest BCUT2D eigenvalue weighted by Crippen LogP contribution is 2.21. The molecular weight excluding hydrogens is 250 g/mol. The number of carbonyl (C=O) groups is 1. The van der Waals surface area contributed by atoms with E-state index in [-0.39, 0.29) is 10.2 Å². The van der Waals surface area contributed by atoms with E-state index in [1.165, 1.54) is 6.07 Å². The average molecular weight is 261 g/mol. The molecule has 0 unspecified atom stereocenters. The molecule has 0 spiro atoms. The first-order valence-electron chi connectivity index (χ1n) is 5.23. The Morgan fingerprint density at radius 3 is 2.39 bits per heavy atom. The first-order chi connectivity index (χ1) is 8.61. The van der Waals surface area contributed by atoms with Gasteiger partial charge in [0, 0.05) is 5.69 Å². The molecule has 2 N–H and O–H groups in total. The zero-order valence-electron chi connectivity index (χ0n) is 9.64. The SMILES string of the molecule is COc1ccc(-c2ccc(C(=O)O)c(=S)[nH]2)cc1. The minimum absolute atomic E-state index is 0.0993. The van der Waals surface area contributed by atoms with Crippen LogP contribution in [-0.2, 0) is 0 Å². The van der Waals surface area contributed by atoms with Crippen molar-refractivity contribution < 1.29 is 14.6 Å². The Hall–Kier alpha value is -2.14. The first-order valence-corrected chi connectivity index (χ1v) is 5.63. The van der Waals surface area contributed by atoms with Gasteiger partial charge in [-0.05, 0) is 42.0 Å². The first kappa shape index (κ1) is 12.3. The number of carboxylic acid groups (broad SMARTS) is 1. The largest absolute Gasteiger partial charge is 0.497 e. The molecule has 2 rings (SSSR count). The van der Waals surface area contributed by atoms with Crippen LogP contribution in [0.5, 0.6) is 5.75 Å². The zero-order valence-corrected chi connectivity index (χ0v) is 10.5. The maximum atomic E-state index is 10.8. The Bertz CT molecular complexity index is 631. The van der Waals surface area contributed by atoms with Gasteiger partial charge >= 0.3 is 5.97 Å². The molecule has 5 heteroatoms. The second-order valence-corrected chi connectivity index (χ2v) is 4.06. The van der Waals surface area contributed by atoms with Gasteiger partial charge in [-0.25, -0.2) is 4.79 Å². The number of hydrogen-bond donors (Lipinski definition) is 2. The number of benzene rings is 1. The monoisotopic (exact) mass is 261 g/mol. The van der Waals surface area contributed by atoms with Gasteiger partial charge in [0.25, 0.3) is 0 Å². The van der Waals surface area contributed by atoms with Gasteiger partial charge in [-0.15, -0.1) is 0 Å². The molecule has 0 fully saturated rings. The fourth-order valence-corrected chi connectivity index (χ4v) is 1.85. The number of aromatic amines is 1. The number of methoxy groups -OCH3 is 1. The number of ether oxygens (including phenoxy) is 1. The van der Waals surface area contributed by atoms with Crippen LogP contribution in [0.1, 0.15) is 10.4 Å². The van der Waals surface area contributed by atoms with Crippen LogP contribution in [0.4, 0.5) is 0 Å². The van der Waals surface area contributed by atoms with E-state index in [4.69, 9.17) is 22.1 Å². The number of aromatic nitrogens is 1. The third kappa shape index (κ3) is 2.41. The number of carboxylic acids is 1. The van der Waals surface area contributed by atoms with Gasteiger partial charge in [0.15, 0.2) is 0 Å². The summed E-state index contributed by atoms with van der Waals surface area (Å²) in [5, 5.41) is 8.89. The summed E-state index contributed by atoms with van der Waals surface area (Å²) in [6.07, 6.45) is 0. The highest BCUT2D eigenvalue weighted by atomic mass is 32.1. The highest BCUT2D eigenvalue weighted by molar-refractivity contribution is 7.71. The van der Waals surface area contributed by atoms with E-state index >= 15 is 0 Å². The number of rotatable bonds is 3. The Morgan fingerprint density at radius 1 is 1.22 bits per heavy atom. The molecule has 0 saturated heterocycles. The standard InChI is InChI=1S/C13H11NO3S/c1-17-9-4-2-8(3-5-9)11-7-6-10(13(15)16)12(18)14-11/h2-7H,1H3,(H,14,18)(H,15,16). The van der Waals surface area contributed by atoms with E-state index < -0.39 is 5.97 Å². The van der Waals surface area contributed by atoms with Crippen LogP contribution in [-0.4, -0.2) is 23.2 Å². The van der Waals surface area contributed by atoms with Crippen LogP contribution in [0.2, 0.25) is 0 Å². The number of hydrogen-bond acceptors (Lipinski definition) is 3. The predicted octanol–water partition coefficient (Wildman–Crippen LogP) is 3.12. The number of aromatic carboxylic acids is 1. The summed E-state index contributed by atoms with van der Waals surface area (Å²) in [6.45, 7) is 0. The maximum Gasteiger partial charge on any atom is 0.338 e. The van der Waals surface area contributed by atoms with Crippen molar-refractivity contribution in [2.45, 2.75) is 0 Å². The summed E-state index contributed by atoms with van der Waals surface area (Å²) in [5.74, 6) is -0.267. The van der Waals surface area contributed by atoms with Crippen LogP contribution in [0.3, 0.4) is 0 Å². The molecule has 18 heavy (non-hydrogen) atoms. The van der Waals surface area contributed by atoms with E-state index in [1.54, 1.807) is 13.2 Å². The summed E-state index contributed by atoms with van der Waals surface area (Å²) in [5.41, 5.74) is 1.79. The van der Waals surface area contributed by atoms with E-state index in [0.29, 0.717) is 0 Å². The Labute approximate surface area is 109 Å². The van der Waals surface area contributed by atoms with Gasteiger partial charge in [0.2, 0.25) is 0 Å². The van der Waals surface area contributed by atoms with Crippen molar-refractivity contribution in [3.8, 4) is 17.0 Å². The summed E-state index contributed by atoms with van der Waals surface area (Å²) in [7, 11) is 1.60. The van der Waals surface area contributed by atoms with E-state index in [2.05, 4.69) is 4.98 Å². The van der Waals surface area contributed by atoms with E-state index in [1.807, 2.05) is 24.3 Å². The van der Waals surface area contributed by atoms with Gasteiger partial charge in [0.1, 0.15) is 10.4 Å². The van der Waals surface area contributed by atoms with Crippen molar-refractivity contribution in [3.63, 3.8) is 0 Å². The van der Waals surface area contributed by atoms with Gasteiger partial charge in [-0.2, -0.15) is 0 Å². The van der Waals surface area contributed by atoms with Crippen LogP contribution < -0.4 is 4.74 Å². The summed E-state index contributed by atoms with van der Waals surface area (Å²) >= 11 is 5.00. The third-order valence-corrected chi connectivity index (χ3v) is 2.86. The Balaban J connectivity index is 2.42. The second-order valence-electron chi connectivity index (χ2n) is 3.65. The third-order valence-electron chi connectivity index (χ3n) is 2.54. The summed E-state index contributed by atoms with van der Waals surface area (Å²) in [6, 6.07) is 10.6. The molecule has 0 aliphatic heterocycles. The van der Waals surface area contributed by atoms with Crippen LogP contribution in [0, 0.1) is 4.64 Å². The number of pyridine rings is 1. The Morgan fingerprint density at radius 2 is 1.89 bits per heavy atom. The smallest absolute Gasteiger partial charge is 0.338 e. The maximum absolute atomic E-state index is 10.8. The molecule has 2 aromatic rings. The lowest BCUT2D eigenvalue weighted by Crippen LogP contribution is -1.99. The molecule has 1 heterocycles. The molecule has 0 radical (unpaired) electrons. The van der Waals surface area contributed by atoms with Crippen LogP contribution in [0.15, 0.2) is 36.4 Å². The molecule has 0 aliphatic carbocycles. The minimum Gasteiger partial charge on any atom is -0.497 e. The molecule has 0 atom stereocenters. The fourth-order valence-electron chi connectivity index (χ4n) is 1.58. The number of H-pyrrole nitrogens is 1. The van der Waals surface area contributed by atoms with Crippen LogP contribution >= 0.6 is 12.2 Å². The normalized spacial score (nSPS) is 10.1. The minimum atomic E-state index is -1.03. The van der Waals surface area contributed by atoms with Gasteiger partial charge in [-0.1, -0.05) is 12.2 Å². The van der Waals surface area contributed by atoms with E-state index in [0.717, 1.165) is 17.0 Å². The number of nitrogens with one attached hydrogen (secondary N) is 1. The van der Waals surface area contributed by atoms with Crippen molar-refractivity contribution in [1.29, 1.82) is 0 Å². The zero-order chi connectivity index (χ0) is 13.1. The fraction of sp³-hybridized carbons (Fsp3) is 0.0769. The quantitative estimate of drug-likeness (QED) is 0.833. The molecule has 92 valence electrons. The lowest BCUT2D eigenvalue weighted by molar-refractivity contribution is 0.0696. The van der Waals surface area contributed by atoms with Crippen molar-refractivity contribution in [2.75, 3.05) is 7.11 Å². The topological polar surface area (TPSA) is 62.3 Å². The molecule has 1 aromatic carbocycles. The van der Waals surface area contributed by atoms with Crippen molar-refractivity contribution in [1.82, 2.24) is 4.98 Å².